The smallest absolute Gasteiger partial charge is 0.110 e. The molecule has 0 aliphatic rings. The fraction of sp³-hybridized carbons (Fsp3) is 1.00. The van der Waals surface area contributed by atoms with Gasteiger partial charge in [0.25, 0.3) is 0 Å². The van der Waals surface area contributed by atoms with Gasteiger partial charge in [0.1, 0.15) is 5.72 Å². The van der Waals surface area contributed by atoms with Gasteiger partial charge in [0.2, 0.25) is 0 Å². The molecule has 0 fully saturated rings. The van der Waals surface area contributed by atoms with Crippen LogP contribution in [0.15, 0.2) is 0 Å². The molecule has 0 heterocycles. The Morgan fingerprint density at radius 2 is 1.67 bits per heavy atom. The zero-order valence-electron chi connectivity index (χ0n) is 4.45. The Morgan fingerprint density at radius 3 is 1.67 bits per heavy atom. The third kappa shape index (κ3) is 3.92. The fourth-order valence-electron chi connectivity index (χ4n) is 0. The van der Waals surface area contributed by atoms with E-state index in [0.717, 1.165) is 0 Å². The van der Waals surface area contributed by atoms with Crippen LogP contribution in [0, 0.1) is 0 Å². The van der Waals surface area contributed by atoms with E-state index < -0.39 is 5.72 Å². The summed E-state index contributed by atoms with van der Waals surface area (Å²) in [6.07, 6.45) is 0. The highest BCUT2D eigenvalue weighted by molar-refractivity contribution is 4.54. The van der Waals surface area contributed by atoms with Gasteiger partial charge in [0.05, 0.1) is 0 Å². The summed E-state index contributed by atoms with van der Waals surface area (Å²) in [5, 5.41) is 11.4. The van der Waals surface area contributed by atoms with Gasteiger partial charge >= 0.3 is 0 Å². The first-order chi connectivity index (χ1) is 2.56. The first-order valence-electron chi connectivity index (χ1n) is 1.97. The van der Waals surface area contributed by atoms with Gasteiger partial charge in [-0.3, -0.25) is 5.32 Å². The lowest BCUT2D eigenvalue weighted by Gasteiger charge is -2.13. The minimum Gasteiger partial charge on any atom is -0.376 e. The molecule has 0 saturated heterocycles. The van der Waals surface area contributed by atoms with Crippen molar-refractivity contribution in [2.45, 2.75) is 19.6 Å². The van der Waals surface area contributed by atoms with Gasteiger partial charge in [-0.15, -0.1) is 0 Å². The predicted molar refractivity (Wildman–Crippen MR) is 25.4 cm³/mol. The summed E-state index contributed by atoms with van der Waals surface area (Å²) in [5.74, 6) is 0. The summed E-state index contributed by atoms with van der Waals surface area (Å²) in [6.45, 7) is 3.38. The van der Waals surface area contributed by atoms with E-state index in [0.29, 0.717) is 0 Å². The van der Waals surface area contributed by atoms with Crippen LogP contribution in [-0.4, -0.2) is 17.9 Å². The molecule has 0 aromatic carbocycles. The minimum absolute atomic E-state index is 0.708. The van der Waals surface area contributed by atoms with Crippen molar-refractivity contribution in [2.24, 2.45) is 0 Å². The van der Waals surface area contributed by atoms with Crippen molar-refractivity contribution < 1.29 is 5.11 Å². The minimum atomic E-state index is -0.708. The molecule has 0 unspecified atom stereocenters. The lowest BCUT2D eigenvalue weighted by molar-refractivity contribution is 0.0522. The number of aliphatic hydroxyl groups is 1. The average Bonchev–Trinajstić information content (AvgIpc) is 1.35. The highest BCUT2D eigenvalue weighted by Gasteiger charge is 2.04. The van der Waals surface area contributed by atoms with Gasteiger partial charge < -0.3 is 5.11 Å². The topological polar surface area (TPSA) is 32.3 Å². The maximum Gasteiger partial charge on any atom is 0.110 e. The maximum absolute atomic E-state index is 8.72. The van der Waals surface area contributed by atoms with Crippen molar-refractivity contribution in [1.82, 2.24) is 5.32 Å². The van der Waals surface area contributed by atoms with E-state index in [1.165, 1.54) is 0 Å². The lowest BCUT2D eigenvalue weighted by atomic mass is 10.3. The van der Waals surface area contributed by atoms with E-state index in [1.54, 1.807) is 20.9 Å². The third-order valence-electron chi connectivity index (χ3n) is 0.612. The number of hydrogen-bond acceptors (Lipinski definition) is 2. The molecule has 0 aromatic rings. The molecule has 0 aliphatic carbocycles. The summed E-state index contributed by atoms with van der Waals surface area (Å²) in [7, 11) is 1.71. The zero-order valence-corrected chi connectivity index (χ0v) is 4.45. The Balaban J connectivity index is 3.17. The first-order valence-corrected chi connectivity index (χ1v) is 1.97. The zero-order chi connectivity index (χ0) is 5.21. The van der Waals surface area contributed by atoms with Gasteiger partial charge in [-0.05, 0) is 20.9 Å². The Hall–Kier alpha value is -0.0800. The van der Waals surface area contributed by atoms with Crippen LogP contribution in [0.4, 0.5) is 0 Å². The Labute approximate surface area is 38.2 Å². The second-order valence-corrected chi connectivity index (χ2v) is 1.81. The van der Waals surface area contributed by atoms with E-state index >= 15 is 0 Å². The van der Waals surface area contributed by atoms with Crippen LogP contribution in [0.1, 0.15) is 13.8 Å². The fourth-order valence-corrected chi connectivity index (χ4v) is 0. The molecule has 0 amide bonds. The van der Waals surface area contributed by atoms with Crippen LogP contribution in [0.3, 0.4) is 0 Å². The number of rotatable bonds is 1. The average molecular weight is 89.1 g/mol. The molecule has 0 atom stereocenters. The van der Waals surface area contributed by atoms with Crippen molar-refractivity contribution >= 4 is 0 Å². The molecule has 0 radical (unpaired) electrons. The Kier molecular flexibility index (Phi) is 1.56. The first kappa shape index (κ1) is 5.92. The van der Waals surface area contributed by atoms with Crippen molar-refractivity contribution in [3.63, 3.8) is 0 Å². The van der Waals surface area contributed by atoms with Crippen LogP contribution < -0.4 is 5.32 Å². The second-order valence-electron chi connectivity index (χ2n) is 1.81. The molecule has 6 heavy (non-hydrogen) atoms. The second kappa shape index (κ2) is 1.58. The molecule has 0 saturated carbocycles. The molecule has 0 spiro atoms. The monoisotopic (exact) mass is 89.1 g/mol. The quantitative estimate of drug-likeness (QED) is 0.441. The molecular formula is C4H11NO. The van der Waals surface area contributed by atoms with E-state index in [1.807, 2.05) is 0 Å². The van der Waals surface area contributed by atoms with E-state index in [2.05, 4.69) is 5.32 Å². The van der Waals surface area contributed by atoms with Crippen LogP contribution in [0.5, 0.6) is 0 Å². The normalized spacial score (nSPS) is 12.0. The van der Waals surface area contributed by atoms with Crippen molar-refractivity contribution in [3.05, 3.63) is 0 Å². The van der Waals surface area contributed by atoms with Gasteiger partial charge in [0, 0.05) is 0 Å². The van der Waals surface area contributed by atoms with Gasteiger partial charge in [-0.1, -0.05) is 0 Å². The van der Waals surface area contributed by atoms with E-state index in [4.69, 9.17) is 5.11 Å². The van der Waals surface area contributed by atoms with Crippen LogP contribution >= 0.6 is 0 Å². The summed E-state index contributed by atoms with van der Waals surface area (Å²) in [6, 6.07) is 0. The highest BCUT2D eigenvalue weighted by atomic mass is 16.3. The van der Waals surface area contributed by atoms with Gasteiger partial charge in [-0.2, -0.15) is 0 Å². The molecule has 0 aliphatic heterocycles. The molecule has 2 nitrogen and oxygen atoms in total. The van der Waals surface area contributed by atoms with Crippen LogP contribution in [-0.2, 0) is 0 Å². The molecular weight excluding hydrogens is 78.0 g/mol. The molecule has 2 heteroatoms. The molecule has 0 aromatic heterocycles. The van der Waals surface area contributed by atoms with Gasteiger partial charge in [-0.25, -0.2) is 0 Å². The highest BCUT2D eigenvalue weighted by Crippen LogP contribution is 1.88. The standard InChI is InChI=1S/C4H11NO/c1-4(2,6)5-3/h5-6H,1-3H3. The largest absolute Gasteiger partial charge is 0.376 e. The van der Waals surface area contributed by atoms with Gasteiger partial charge in [0.15, 0.2) is 0 Å². The van der Waals surface area contributed by atoms with Crippen molar-refractivity contribution in [3.8, 4) is 0 Å². The lowest BCUT2D eigenvalue weighted by Crippen LogP contribution is -2.35. The SMILES string of the molecule is CNC(C)(C)O. The van der Waals surface area contributed by atoms with E-state index in [9.17, 15) is 0 Å². The number of hydrogen-bond donors (Lipinski definition) is 2. The summed E-state index contributed by atoms with van der Waals surface area (Å²) >= 11 is 0. The van der Waals surface area contributed by atoms with Crippen molar-refractivity contribution in [2.75, 3.05) is 7.05 Å². The summed E-state index contributed by atoms with van der Waals surface area (Å²) < 4.78 is 0. The summed E-state index contributed by atoms with van der Waals surface area (Å²) in [4.78, 5) is 0. The van der Waals surface area contributed by atoms with Crippen LogP contribution in [0.2, 0.25) is 0 Å². The number of nitrogens with one attached hydrogen (secondary N) is 1. The van der Waals surface area contributed by atoms with E-state index in [-0.39, 0.29) is 0 Å². The van der Waals surface area contributed by atoms with Crippen LogP contribution in [0.25, 0.3) is 0 Å². The molecule has 0 rings (SSSR count). The maximum atomic E-state index is 8.72. The molecule has 0 bridgehead atoms. The Bertz CT molecular complexity index is 37.3. The predicted octanol–water partition coefficient (Wildman–Crippen LogP) is -0.0658. The molecule has 38 valence electrons. The Morgan fingerprint density at radius 1 is 1.50 bits per heavy atom. The third-order valence-corrected chi connectivity index (χ3v) is 0.612. The summed E-state index contributed by atoms with van der Waals surface area (Å²) in [5.41, 5.74) is -0.708. The van der Waals surface area contributed by atoms with Crippen molar-refractivity contribution in [1.29, 1.82) is 0 Å². The molecule has 2 N–H and O–H groups in total.